The molecule has 6 nitrogen and oxygen atoms in total. The summed E-state index contributed by atoms with van der Waals surface area (Å²) in [6.45, 7) is 0. The number of imidazole rings is 1. The van der Waals surface area contributed by atoms with Gasteiger partial charge in [0.2, 0.25) is 5.91 Å². The summed E-state index contributed by atoms with van der Waals surface area (Å²) in [5.74, 6) is 0.0622. The second kappa shape index (κ2) is 8.75. The zero-order valence-electron chi connectivity index (χ0n) is 14.9. The maximum absolute atomic E-state index is 12.7. The molecule has 1 aromatic carbocycles. The van der Waals surface area contributed by atoms with Crippen molar-refractivity contribution >= 4 is 35.1 Å². The van der Waals surface area contributed by atoms with Crippen molar-refractivity contribution in [2.24, 2.45) is 0 Å². The van der Waals surface area contributed by atoms with Crippen LogP contribution in [0.4, 0.5) is 19.0 Å². The molecule has 0 aliphatic carbocycles. The van der Waals surface area contributed by atoms with E-state index in [0.29, 0.717) is 23.2 Å². The number of ether oxygens (including phenoxy) is 1. The van der Waals surface area contributed by atoms with Crippen LogP contribution in [0.15, 0.2) is 54.1 Å². The van der Waals surface area contributed by atoms with Crippen LogP contribution in [0.3, 0.4) is 0 Å². The Bertz CT molecular complexity index is 1010. The van der Waals surface area contributed by atoms with E-state index in [0.717, 1.165) is 17.4 Å². The number of alkyl halides is 3. The third-order valence-electron chi connectivity index (χ3n) is 3.72. The van der Waals surface area contributed by atoms with Gasteiger partial charge < -0.3 is 10.1 Å². The van der Waals surface area contributed by atoms with Crippen molar-refractivity contribution in [2.75, 3.05) is 18.2 Å². The number of hydrogen-bond donors (Lipinski definition) is 1. The van der Waals surface area contributed by atoms with E-state index in [4.69, 9.17) is 16.3 Å². The molecule has 11 heteroatoms. The van der Waals surface area contributed by atoms with E-state index >= 15 is 0 Å². The Labute approximate surface area is 173 Å². The standard InChI is InChI=1S/C18H14ClF3N4O2S/c1-28-13-4-2-12(3-5-13)26-7-6-23-17(26)29-10-15(27)25-16-14(19)8-11(9-24-16)18(20,21)22/h2-9H,10H2,1H3,(H,24,25,27). The number of nitrogens with zero attached hydrogens (tertiary/aromatic N) is 3. The van der Waals surface area contributed by atoms with E-state index in [1.165, 1.54) is 0 Å². The Balaban J connectivity index is 1.64. The molecule has 0 bridgehead atoms. The van der Waals surface area contributed by atoms with Crippen LogP contribution in [-0.4, -0.2) is 33.3 Å². The molecule has 1 amide bonds. The number of aromatic nitrogens is 3. The quantitative estimate of drug-likeness (QED) is 0.561. The highest BCUT2D eigenvalue weighted by atomic mass is 35.5. The molecule has 1 N–H and O–H groups in total. The van der Waals surface area contributed by atoms with Gasteiger partial charge in [0.15, 0.2) is 11.0 Å². The largest absolute Gasteiger partial charge is 0.497 e. The average molecular weight is 443 g/mol. The number of hydrogen-bond acceptors (Lipinski definition) is 5. The van der Waals surface area contributed by atoms with Gasteiger partial charge in [0.25, 0.3) is 0 Å². The second-order valence-corrected chi connectivity index (χ2v) is 7.02. The van der Waals surface area contributed by atoms with Crippen molar-refractivity contribution < 1.29 is 22.7 Å². The second-order valence-electron chi connectivity index (χ2n) is 5.67. The molecule has 2 aromatic heterocycles. The molecule has 3 rings (SSSR count). The lowest BCUT2D eigenvalue weighted by Crippen LogP contribution is -2.16. The first-order valence-electron chi connectivity index (χ1n) is 8.11. The first-order valence-corrected chi connectivity index (χ1v) is 9.47. The zero-order valence-corrected chi connectivity index (χ0v) is 16.5. The van der Waals surface area contributed by atoms with E-state index < -0.39 is 17.6 Å². The van der Waals surface area contributed by atoms with Gasteiger partial charge in [-0.2, -0.15) is 13.2 Å². The van der Waals surface area contributed by atoms with Crippen molar-refractivity contribution in [3.05, 3.63) is 59.5 Å². The van der Waals surface area contributed by atoms with Crippen molar-refractivity contribution in [2.45, 2.75) is 11.3 Å². The molecule has 0 saturated carbocycles. The molecule has 0 atom stereocenters. The van der Waals surface area contributed by atoms with E-state index in [1.54, 1.807) is 36.2 Å². The third kappa shape index (κ3) is 5.21. The van der Waals surface area contributed by atoms with Gasteiger partial charge in [-0.15, -0.1) is 0 Å². The average Bonchev–Trinajstić information content (AvgIpc) is 3.16. The van der Waals surface area contributed by atoms with Crippen molar-refractivity contribution in [3.63, 3.8) is 0 Å². The molecule has 0 spiro atoms. The Morgan fingerprint density at radius 3 is 2.62 bits per heavy atom. The Kier molecular flexibility index (Phi) is 6.33. The van der Waals surface area contributed by atoms with Gasteiger partial charge in [-0.05, 0) is 30.3 Å². The van der Waals surface area contributed by atoms with Crippen LogP contribution in [0.1, 0.15) is 5.56 Å². The molecular weight excluding hydrogens is 429 g/mol. The summed E-state index contributed by atoms with van der Waals surface area (Å²) in [4.78, 5) is 20.0. The highest BCUT2D eigenvalue weighted by Crippen LogP contribution is 2.32. The SMILES string of the molecule is COc1ccc(-n2ccnc2SCC(=O)Nc2ncc(C(F)(F)F)cc2Cl)cc1. The minimum Gasteiger partial charge on any atom is -0.497 e. The molecule has 3 aromatic rings. The number of thioether (sulfide) groups is 1. The van der Waals surface area contributed by atoms with Crippen LogP contribution >= 0.6 is 23.4 Å². The smallest absolute Gasteiger partial charge is 0.417 e. The van der Waals surface area contributed by atoms with Gasteiger partial charge in [0.05, 0.1) is 23.4 Å². The monoisotopic (exact) mass is 442 g/mol. The lowest BCUT2D eigenvalue weighted by atomic mass is 10.3. The number of methoxy groups -OCH3 is 1. The Morgan fingerprint density at radius 1 is 1.28 bits per heavy atom. The number of pyridine rings is 1. The number of benzene rings is 1. The number of nitrogens with one attached hydrogen (secondary N) is 1. The molecule has 0 fully saturated rings. The molecule has 152 valence electrons. The number of carbonyl (C=O) groups excluding carboxylic acids is 1. The van der Waals surface area contributed by atoms with Crippen molar-refractivity contribution in [3.8, 4) is 11.4 Å². The fourth-order valence-electron chi connectivity index (χ4n) is 2.32. The maximum Gasteiger partial charge on any atom is 0.417 e. The molecule has 0 unspecified atom stereocenters. The molecular formula is C18H14ClF3N4O2S. The van der Waals surface area contributed by atoms with Gasteiger partial charge in [-0.1, -0.05) is 23.4 Å². The summed E-state index contributed by atoms with van der Waals surface area (Å²) >= 11 is 6.96. The van der Waals surface area contributed by atoms with Crippen molar-refractivity contribution in [1.29, 1.82) is 0 Å². The van der Waals surface area contributed by atoms with E-state index in [2.05, 4.69) is 15.3 Å². The van der Waals surface area contributed by atoms with Crippen LogP contribution in [0.2, 0.25) is 5.02 Å². The number of halogens is 4. The Morgan fingerprint density at radius 2 is 2.00 bits per heavy atom. The first kappa shape index (κ1) is 21.0. The number of carbonyl (C=O) groups is 1. The van der Waals surface area contributed by atoms with Gasteiger partial charge >= 0.3 is 6.18 Å². The molecule has 0 radical (unpaired) electrons. The maximum atomic E-state index is 12.7. The first-order chi connectivity index (χ1) is 13.8. The fourth-order valence-corrected chi connectivity index (χ4v) is 3.31. The topological polar surface area (TPSA) is 69.0 Å². The fraction of sp³-hybridized carbons (Fsp3) is 0.167. The molecule has 29 heavy (non-hydrogen) atoms. The predicted octanol–water partition coefficient (Wildman–Crippen LogP) is 4.68. The molecule has 0 aliphatic rings. The van der Waals surface area contributed by atoms with Crippen molar-refractivity contribution in [1.82, 2.24) is 14.5 Å². The van der Waals surface area contributed by atoms with Crippen LogP contribution in [0.25, 0.3) is 5.69 Å². The zero-order chi connectivity index (χ0) is 21.0. The lowest BCUT2D eigenvalue weighted by Gasteiger charge is -2.10. The molecule has 0 saturated heterocycles. The highest BCUT2D eigenvalue weighted by molar-refractivity contribution is 7.99. The minimum absolute atomic E-state index is 0.0355. The number of anilines is 1. The summed E-state index contributed by atoms with van der Waals surface area (Å²) < 4.78 is 44.9. The number of rotatable bonds is 6. The summed E-state index contributed by atoms with van der Waals surface area (Å²) in [5.41, 5.74) is -0.157. The number of amides is 1. The van der Waals surface area contributed by atoms with E-state index in [-0.39, 0.29) is 16.6 Å². The van der Waals surface area contributed by atoms with Gasteiger partial charge in [-0.3, -0.25) is 9.36 Å². The highest BCUT2D eigenvalue weighted by Gasteiger charge is 2.31. The van der Waals surface area contributed by atoms with Gasteiger partial charge in [-0.25, -0.2) is 9.97 Å². The van der Waals surface area contributed by atoms with Crippen LogP contribution in [-0.2, 0) is 11.0 Å². The van der Waals surface area contributed by atoms with Gasteiger partial charge in [0.1, 0.15) is 5.75 Å². The Hall–Kier alpha value is -2.72. The predicted molar refractivity (Wildman–Crippen MR) is 104 cm³/mol. The summed E-state index contributed by atoms with van der Waals surface area (Å²) in [5, 5.41) is 2.67. The molecule has 0 aliphatic heterocycles. The normalized spacial score (nSPS) is 11.3. The lowest BCUT2D eigenvalue weighted by molar-refractivity contribution is -0.137. The van der Waals surface area contributed by atoms with E-state index in [1.807, 2.05) is 12.1 Å². The van der Waals surface area contributed by atoms with Crippen LogP contribution in [0, 0.1) is 0 Å². The van der Waals surface area contributed by atoms with E-state index in [9.17, 15) is 18.0 Å². The summed E-state index contributed by atoms with van der Waals surface area (Å²) in [7, 11) is 1.57. The van der Waals surface area contributed by atoms with Gasteiger partial charge in [0, 0.05) is 24.3 Å². The molecule has 2 heterocycles. The van der Waals surface area contributed by atoms with Crippen LogP contribution in [0.5, 0.6) is 5.75 Å². The summed E-state index contributed by atoms with van der Waals surface area (Å²) in [6, 6.07) is 8.00. The van der Waals surface area contributed by atoms with Crippen LogP contribution < -0.4 is 10.1 Å². The third-order valence-corrected chi connectivity index (χ3v) is 4.97. The summed E-state index contributed by atoms with van der Waals surface area (Å²) in [6.07, 6.45) is -0.603. The minimum atomic E-state index is -4.56.